The van der Waals surface area contributed by atoms with Gasteiger partial charge in [0.2, 0.25) is 0 Å². The van der Waals surface area contributed by atoms with E-state index in [1.54, 1.807) is 0 Å². The molecule has 0 aliphatic heterocycles. The lowest BCUT2D eigenvalue weighted by atomic mass is 10.0. The van der Waals surface area contributed by atoms with E-state index in [1.807, 2.05) is 6.92 Å². The molecule has 0 aromatic heterocycles. The Labute approximate surface area is 88.6 Å². The quantitative estimate of drug-likeness (QED) is 0.606. The Morgan fingerprint density at radius 1 is 1.29 bits per heavy atom. The van der Waals surface area contributed by atoms with Crippen molar-refractivity contribution in [1.29, 1.82) is 0 Å². The smallest absolute Gasteiger partial charge is 0.0593 e. The Balaban J connectivity index is 3.31. The number of nitrogens with two attached hydrogens (primary N) is 1. The maximum atomic E-state index is 5.90. The molecule has 0 radical (unpaired) electrons. The first kappa shape index (κ1) is 13.9. The molecule has 0 atom stereocenters. The molecule has 2 N–H and O–H groups in total. The number of hydrogen-bond donors (Lipinski definition) is 1. The van der Waals surface area contributed by atoms with E-state index in [1.165, 1.54) is 0 Å². The molecular formula is C11H26N2O. The van der Waals surface area contributed by atoms with E-state index in [9.17, 15) is 0 Å². The van der Waals surface area contributed by atoms with Crippen LogP contribution in [-0.4, -0.2) is 43.8 Å². The van der Waals surface area contributed by atoms with Crippen molar-refractivity contribution < 1.29 is 4.74 Å². The molecule has 0 saturated carbocycles. The summed E-state index contributed by atoms with van der Waals surface area (Å²) < 4.78 is 5.29. The predicted octanol–water partition coefficient (Wildman–Crippen LogP) is 1.47. The van der Waals surface area contributed by atoms with Gasteiger partial charge in [0.15, 0.2) is 0 Å². The second-order valence-corrected chi connectivity index (χ2v) is 4.59. The van der Waals surface area contributed by atoms with Crippen molar-refractivity contribution in [2.24, 2.45) is 5.73 Å². The van der Waals surface area contributed by atoms with Crippen molar-refractivity contribution in [2.45, 2.75) is 39.2 Å². The van der Waals surface area contributed by atoms with Gasteiger partial charge in [0.05, 0.1) is 6.61 Å². The first-order valence-electron chi connectivity index (χ1n) is 5.51. The minimum absolute atomic E-state index is 0.0270. The maximum Gasteiger partial charge on any atom is 0.0593 e. The lowest BCUT2D eigenvalue weighted by molar-refractivity contribution is 0.121. The number of nitrogens with zero attached hydrogens (tertiary/aromatic N) is 1. The topological polar surface area (TPSA) is 38.5 Å². The van der Waals surface area contributed by atoms with Crippen LogP contribution in [0, 0.1) is 0 Å². The summed E-state index contributed by atoms with van der Waals surface area (Å²) >= 11 is 0. The molecule has 86 valence electrons. The Kier molecular flexibility index (Phi) is 7.15. The van der Waals surface area contributed by atoms with Gasteiger partial charge in [-0.25, -0.2) is 0 Å². The van der Waals surface area contributed by atoms with Crippen LogP contribution in [-0.2, 0) is 4.74 Å². The summed E-state index contributed by atoms with van der Waals surface area (Å²) in [4.78, 5) is 2.29. The van der Waals surface area contributed by atoms with E-state index < -0.39 is 0 Å². The Morgan fingerprint density at radius 3 is 2.43 bits per heavy atom. The van der Waals surface area contributed by atoms with Crippen LogP contribution in [0.1, 0.15) is 33.6 Å². The van der Waals surface area contributed by atoms with Gasteiger partial charge in [-0.05, 0) is 47.2 Å². The van der Waals surface area contributed by atoms with Gasteiger partial charge in [-0.1, -0.05) is 0 Å². The standard InChI is InChI=1S/C11H26N2O/c1-5-14-10-9-13(4)8-6-7-11(2,3)12/h5-10,12H2,1-4H3. The largest absolute Gasteiger partial charge is 0.380 e. The fourth-order valence-electron chi connectivity index (χ4n) is 1.28. The molecule has 0 aromatic rings. The van der Waals surface area contributed by atoms with Crippen molar-refractivity contribution in [3.05, 3.63) is 0 Å². The second kappa shape index (κ2) is 7.21. The highest BCUT2D eigenvalue weighted by Crippen LogP contribution is 2.07. The van der Waals surface area contributed by atoms with Crippen LogP contribution in [0.3, 0.4) is 0 Å². The SMILES string of the molecule is CCOCCN(C)CCCC(C)(C)N. The minimum atomic E-state index is -0.0270. The molecule has 3 heteroatoms. The van der Waals surface area contributed by atoms with Crippen LogP contribution >= 0.6 is 0 Å². The molecule has 0 saturated heterocycles. The summed E-state index contributed by atoms with van der Waals surface area (Å²) in [6, 6.07) is 0. The van der Waals surface area contributed by atoms with Crippen LogP contribution in [0.2, 0.25) is 0 Å². The van der Waals surface area contributed by atoms with Crippen LogP contribution in [0.25, 0.3) is 0 Å². The third kappa shape index (κ3) is 9.96. The van der Waals surface area contributed by atoms with E-state index in [-0.39, 0.29) is 5.54 Å². The fourth-order valence-corrected chi connectivity index (χ4v) is 1.28. The first-order chi connectivity index (χ1) is 6.45. The number of hydrogen-bond acceptors (Lipinski definition) is 3. The van der Waals surface area contributed by atoms with Gasteiger partial charge < -0.3 is 15.4 Å². The highest BCUT2D eigenvalue weighted by atomic mass is 16.5. The molecular weight excluding hydrogens is 176 g/mol. The van der Waals surface area contributed by atoms with Gasteiger partial charge in [0.25, 0.3) is 0 Å². The van der Waals surface area contributed by atoms with Crippen molar-refractivity contribution in [2.75, 3.05) is 33.4 Å². The van der Waals surface area contributed by atoms with Crippen molar-refractivity contribution in [3.8, 4) is 0 Å². The molecule has 0 bridgehead atoms. The van der Waals surface area contributed by atoms with Crippen LogP contribution in [0.15, 0.2) is 0 Å². The van der Waals surface area contributed by atoms with Crippen LogP contribution in [0.4, 0.5) is 0 Å². The van der Waals surface area contributed by atoms with Gasteiger partial charge in [0.1, 0.15) is 0 Å². The third-order valence-corrected chi connectivity index (χ3v) is 2.18. The average Bonchev–Trinajstić information content (AvgIpc) is 2.02. The number of likely N-dealkylation sites (N-methyl/N-ethyl adjacent to an activating group) is 1. The lowest BCUT2D eigenvalue weighted by Gasteiger charge is -2.21. The molecule has 3 nitrogen and oxygen atoms in total. The van der Waals surface area contributed by atoms with E-state index in [4.69, 9.17) is 10.5 Å². The summed E-state index contributed by atoms with van der Waals surface area (Å²) in [5.74, 6) is 0. The van der Waals surface area contributed by atoms with Crippen molar-refractivity contribution in [3.63, 3.8) is 0 Å². The van der Waals surface area contributed by atoms with Crippen LogP contribution in [0.5, 0.6) is 0 Å². The molecule has 0 aliphatic carbocycles. The predicted molar refractivity (Wildman–Crippen MR) is 61.5 cm³/mol. The monoisotopic (exact) mass is 202 g/mol. The molecule has 14 heavy (non-hydrogen) atoms. The Morgan fingerprint density at radius 2 is 1.93 bits per heavy atom. The lowest BCUT2D eigenvalue weighted by Crippen LogP contribution is -2.33. The zero-order valence-corrected chi connectivity index (χ0v) is 10.2. The van der Waals surface area contributed by atoms with E-state index >= 15 is 0 Å². The number of ether oxygens (including phenoxy) is 1. The van der Waals surface area contributed by atoms with Gasteiger partial charge in [0, 0.05) is 18.7 Å². The molecule has 0 aliphatic rings. The van der Waals surface area contributed by atoms with E-state index in [2.05, 4.69) is 25.8 Å². The van der Waals surface area contributed by atoms with Gasteiger partial charge in [-0.2, -0.15) is 0 Å². The van der Waals surface area contributed by atoms with E-state index in [0.29, 0.717) is 0 Å². The van der Waals surface area contributed by atoms with Gasteiger partial charge in [-0.3, -0.25) is 0 Å². The summed E-state index contributed by atoms with van der Waals surface area (Å²) in [6.07, 6.45) is 2.23. The molecule has 0 rings (SSSR count). The van der Waals surface area contributed by atoms with E-state index in [0.717, 1.165) is 39.1 Å². The molecule has 0 unspecified atom stereocenters. The summed E-state index contributed by atoms with van der Waals surface area (Å²) in [6.45, 7) is 9.94. The Bertz CT molecular complexity index is 132. The first-order valence-corrected chi connectivity index (χ1v) is 5.51. The minimum Gasteiger partial charge on any atom is -0.380 e. The summed E-state index contributed by atoms with van der Waals surface area (Å²) in [5.41, 5.74) is 5.87. The fraction of sp³-hybridized carbons (Fsp3) is 1.00. The molecule has 0 spiro atoms. The highest BCUT2D eigenvalue weighted by molar-refractivity contribution is 4.71. The summed E-state index contributed by atoms with van der Waals surface area (Å²) in [5, 5.41) is 0. The molecule has 0 aromatic carbocycles. The number of rotatable bonds is 8. The highest BCUT2D eigenvalue weighted by Gasteiger charge is 2.10. The zero-order chi connectivity index (χ0) is 11.0. The Hall–Kier alpha value is -0.120. The molecule has 0 fully saturated rings. The van der Waals surface area contributed by atoms with Gasteiger partial charge >= 0.3 is 0 Å². The third-order valence-electron chi connectivity index (χ3n) is 2.18. The van der Waals surface area contributed by atoms with Gasteiger partial charge in [-0.15, -0.1) is 0 Å². The second-order valence-electron chi connectivity index (χ2n) is 4.59. The summed E-state index contributed by atoms with van der Waals surface area (Å²) in [7, 11) is 2.13. The average molecular weight is 202 g/mol. The molecule has 0 heterocycles. The maximum absolute atomic E-state index is 5.90. The molecule has 0 amide bonds. The zero-order valence-electron chi connectivity index (χ0n) is 10.2. The van der Waals surface area contributed by atoms with Crippen molar-refractivity contribution in [1.82, 2.24) is 4.90 Å². The van der Waals surface area contributed by atoms with Crippen LogP contribution < -0.4 is 5.73 Å². The normalized spacial score (nSPS) is 12.4. The van der Waals surface area contributed by atoms with Crippen molar-refractivity contribution >= 4 is 0 Å².